The van der Waals surface area contributed by atoms with Crippen molar-refractivity contribution in [1.29, 1.82) is 0 Å². The lowest BCUT2D eigenvalue weighted by atomic mass is 10.0. The number of nitrogens with one attached hydrogen (secondary N) is 2. The second-order valence-corrected chi connectivity index (χ2v) is 6.35. The third-order valence-corrected chi connectivity index (χ3v) is 4.34. The second kappa shape index (κ2) is 9.53. The zero-order valence-electron chi connectivity index (χ0n) is 14.1. The summed E-state index contributed by atoms with van der Waals surface area (Å²) in [6.07, 6.45) is 4.47. The van der Waals surface area contributed by atoms with Gasteiger partial charge in [0.1, 0.15) is 0 Å². The number of urea groups is 1. The van der Waals surface area contributed by atoms with Crippen LogP contribution in [-0.4, -0.2) is 41.8 Å². The van der Waals surface area contributed by atoms with Gasteiger partial charge in [0.25, 0.3) is 0 Å². The normalized spacial score (nSPS) is 16.8. The first-order valence-corrected chi connectivity index (χ1v) is 8.63. The molecule has 0 spiro atoms. The van der Waals surface area contributed by atoms with E-state index in [1.165, 1.54) is 43.5 Å². The van der Waals surface area contributed by atoms with Crippen molar-refractivity contribution >= 4 is 6.03 Å². The van der Waals surface area contributed by atoms with Crippen molar-refractivity contribution in [3.8, 4) is 0 Å². The summed E-state index contributed by atoms with van der Waals surface area (Å²) in [4.78, 5) is 14.4. The minimum Gasteiger partial charge on any atom is -0.396 e. The molecule has 2 amide bonds. The minimum atomic E-state index is -0.182. The number of hydrogen-bond acceptors (Lipinski definition) is 3. The molecule has 1 atom stereocenters. The maximum absolute atomic E-state index is 11.9. The van der Waals surface area contributed by atoms with Crippen LogP contribution in [0.2, 0.25) is 0 Å². The van der Waals surface area contributed by atoms with E-state index in [2.05, 4.69) is 33.7 Å². The Morgan fingerprint density at radius 2 is 1.91 bits per heavy atom. The quantitative estimate of drug-likeness (QED) is 0.722. The van der Waals surface area contributed by atoms with Crippen molar-refractivity contribution < 1.29 is 9.90 Å². The first kappa shape index (κ1) is 17.8. The fourth-order valence-corrected chi connectivity index (χ4v) is 2.96. The highest BCUT2D eigenvalue weighted by atomic mass is 16.3. The number of carbonyl (C=O) groups is 1. The van der Waals surface area contributed by atoms with Gasteiger partial charge in [-0.3, -0.25) is 4.90 Å². The maximum atomic E-state index is 11.9. The summed E-state index contributed by atoms with van der Waals surface area (Å²) in [5.41, 5.74) is 2.46. The largest absolute Gasteiger partial charge is 0.396 e. The highest BCUT2D eigenvalue weighted by Gasteiger charge is 2.13. The van der Waals surface area contributed by atoms with Crippen LogP contribution in [0.5, 0.6) is 0 Å². The van der Waals surface area contributed by atoms with Gasteiger partial charge in [-0.1, -0.05) is 30.7 Å². The summed E-state index contributed by atoms with van der Waals surface area (Å²) in [5.74, 6) is 0. The molecule has 1 heterocycles. The Morgan fingerprint density at radius 3 is 2.61 bits per heavy atom. The van der Waals surface area contributed by atoms with Crippen LogP contribution in [0.15, 0.2) is 24.3 Å². The molecule has 1 saturated heterocycles. The van der Waals surface area contributed by atoms with Crippen LogP contribution in [0.25, 0.3) is 0 Å². The van der Waals surface area contributed by atoms with Gasteiger partial charge in [0.05, 0.1) is 0 Å². The van der Waals surface area contributed by atoms with Gasteiger partial charge in [0.15, 0.2) is 0 Å². The third-order valence-electron chi connectivity index (χ3n) is 4.34. The molecule has 5 heteroatoms. The molecule has 2 rings (SSSR count). The van der Waals surface area contributed by atoms with Gasteiger partial charge in [0.2, 0.25) is 0 Å². The topological polar surface area (TPSA) is 64.6 Å². The SMILES string of the molecule is C[C@H](CCO)NC(=O)NCc1ccccc1CN1CCCCC1. The molecule has 1 aliphatic heterocycles. The number of hydrogen-bond donors (Lipinski definition) is 3. The lowest BCUT2D eigenvalue weighted by Gasteiger charge is -2.27. The summed E-state index contributed by atoms with van der Waals surface area (Å²) < 4.78 is 0. The van der Waals surface area contributed by atoms with E-state index in [9.17, 15) is 4.79 Å². The Morgan fingerprint density at radius 1 is 1.22 bits per heavy atom. The Kier molecular flexibility index (Phi) is 7.36. The van der Waals surface area contributed by atoms with Gasteiger partial charge < -0.3 is 15.7 Å². The average molecular weight is 319 g/mol. The highest BCUT2D eigenvalue weighted by molar-refractivity contribution is 5.74. The number of nitrogens with zero attached hydrogens (tertiary/aromatic N) is 1. The van der Waals surface area contributed by atoms with Crippen molar-refractivity contribution in [1.82, 2.24) is 15.5 Å². The molecule has 0 saturated carbocycles. The average Bonchev–Trinajstić information content (AvgIpc) is 2.55. The zero-order chi connectivity index (χ0) is 16.5. The van der Waals surface area contributed by atoms with Crippen LogP contribution in [0, 0.1) is 0 Å². The predicted molar refractivity (Wildman–Crippen MR) is 92.1 cm³/mol. The van der Waals surface area contributed by atoms with Crippen LogP contribution in [-0.2, 0) is 13.1 Å². The molecule has 1 fully saturated rings. The number of aliphatic hydroxyl groups is 1. The maximum Gasteiger partial charge on any atom is 0.315 e. The Bertz CT molecular complexity index is 487. The Labute approximate surface area is 139 Å². The summed E-state index contributed by atoms with van der Waals surface area (Å²) in [6, 6.07) is 8.10. The zero-order valence-corrected chi connectivity index (χ0v) is 14.1. The number of carbonyl (C=O) groups excluding carboxylic acids is 1. The van der Waals surface area contributed by atoms with Gasteiger partial charge in [-0.2, -0.15) is 0 Å². The number of likely N-dealkylation sites (tertiary alicyclic amines) is 1. The molecule has 5 nitrogen and oxygen atoms in total. The minimum absolute atomic E-state index is 0.0245. The van der Waals surface area contributed by atoms with Crippen LogP contribution >= 0.6 is 0 Å². The fraction of sp³-hybridized carbons (Fsp3) is 0.611. The monoisotopic (exact) mass is 319 g/mol. The molecular weight excluding hydrogens is 290 g/mol. The van der Waals surface area contributed by atoms with Crippen LogP contribution in [0.4, 0.5) is 4.79 Å². The lowest BCUT2D eigenvalue weighted by molar-refractivity contribution is 0.220. The van der Waals surface area contributed by atoms with E-state index in [1.807, 2.05) is 13.0 Å². The molecule has 0 unspecified atom stereocenters. The van der Waals surface area contributed by atoms with Gasteiger partial charge >= 0.3 is 6.03 Å². The molecule has 0 bridgehead atoms. The molecule has 0 radical (unpaired) electrons. The second-order valence-electron chi connectivity index (χ2n) is 6.35. The van der Waals surface area contributed by atoms with Gasteiger partial charge in [0, 0.05) is 25.7 Å². The van der Waals surface area contributed by atoms with E-state index in [0.29, 0.717) is 13.0 Å². The van der Waals surface area contributed by atoms with E-state index in [-0.39, 0.29) is 18.7 Å². The third kappa shape index (κ3) is 6.20. The van der Waals surface area contributed by atoms with Crippen molar-refractivity contribution in [2.75, 3.05) is 19.7 Å². The number of amides is 2. The van der Waals surface area contributed by atoms with E-state index >= 15 is 0 Å². The van der Waals surface area contributed by atoms with Crippen LogP contribution in [0.1, 0.15) is 43.7 Å². The number of benzene rings is 1. The molecule has 1 aromatic carbocycles. The van der Waals surface area contributed by atoms with E-state index in [1.54, 1.807) is 0 Å². The first-order chi connectivity index (χ1) is 11.2. The van der Waals surface area contributed by atoms with E-state index in [4.69, 9.17) is 5.11 Å². The van der Waals surface area contributed by atoms with Crippen molar-refractivity contribution in [3.05, 3.63) is 35.4 Å². The van der Waals surface area contributed by atoms with Gasteiger partial charge in [-0.25, -0.2) is 4.79 Å². The van der Waals surface area contributed by atoms with Crippen LogP contribution in [0.3, 0.4) is 0 Å². The summed E-state index contributed by atoms with van der Waals surface area (Å²) >= 11 is 0. The summed E-state index contributed by atoms with van der Waals surface area (Å²) in [5, 5.41) is 14.6. The Hall–Kier alpha value is -1.59. The smallest absolute Gasteiger partial charge is 0.315 e. The van der Waals surface area contributed by atoms with Crippen molar-refractivity contribution in [3.63, 3.8) is 0 Å². The number of piperidine rings is 1. The van der Waals surface area contributed by atoms with Crippen LogP contribution < -0.4 is 10.6 Å². The summed E-state index contributed by atoms with van der Waals surface area (Å²) in [6.45, 7) is 5.80. The predicted octanol–water partition coefficient (Wildman–Crippen LogP) is 2.24. The highest BCUT2D eigenvalue weighted by Crippen LogP contribution is 2.16. The molecule has 0 aromatic heterocycles. The standard InChI is InChI=1S/C18H29N3O2/c1-15(9-12-22)20-18(23)19-13-16-7-3-4-8-17(16)14-21-10-5-2-6-11-21/h3-4,7-8,15,22H,2,5-6,9-14H2,1H3,(H2,19,20,23)/t15-/m1/s1. The Balaban J connectivity index is 1.85. The molecule has 1 aliphatic rings. The summed E-state index contributed by atoms with van der Waals surface area (Å²) in [7, 11) is 0. The molecular formula is C18H29N3O2. The van der Waals surface area contributed by atoms with Gasteiger partial charge in [-0.15, -0.1) is 0 Å². The molecule has 128 valence electrons. The first-order valence-electron chi connectivity index (χ1n) is 8.63. The molecule has 1 aromatic rings. The number of aliphatic hydroxyl groups excluding tert-OH is 1. The van der Waals surface area contributed by atoms with E-state index < -0.39 is 0 Å². The number of rotatable bonds is 7. The van der Waals surface area contributed by atoms with Crippen molar-refractivity contribution in [2.45, 2.75) is 51.7 Å². The van der Waals surface area contributed by atoms with Crippen molar-refractivity contribution in [2.24, 2.45) is 0 Å². The molecule has 23 heavy (non-hydrogen) atoms. The van der Waals surface area contributed by atoms with E-state index in [0.717, 1.165) is 6.54 Å². The lowest BCUT2D eigenvalue weighted by Crippen LogP contribution is -2.41. The van der Waals surface area contributed by atoms with Gasteiger partial charge in [-0.05, 0) is 50.4 Å². The molecule has 3 N–H and O–H groups in total. The fourth-order valence-electron chi connectivity index (χ4n) is 2.96. The molecule has 0 aliphatic carbocycles.